The molecule has 7 aromatic carbocycles. The van der Waals surface area contributed by atoms with Crippen molar-refractivity contribution in [3.8, 4) is 56.0 Å². The minimum absolute atomic E-state index is 0.912. The van der Waals surface area contributed by atoms with Gasteiger partial charge < -0.3 is 9.15 Å². The molecule has 0 atom stereocenters. The summed E-state index contributed by atoms with van der Waals surface area (Å²) < 4.78 is 12.6. The average molecular weight is 537 g/mol. The standard InChI is InChI=1S/C40H24O2/c1-3-13-36-31(7-1)34-11-6-10-33-29(23-24-38(41-36)39(33)34)27-19-15-25(16-20-27)26-17-21-28(22-18-26)30-9-5-12-35-32-8-2-4-14-37(32)42-40(30)35/h1-24H. The molecule has 0 N–H and O–H groups in total. The largest absolute Gasteiger partial charge is 0.456 e. The summed E-state index contributed by atoms with van der Waals surface area (Å²) in [5, 5.41) is 4.68. The first-order chi connectivity index (χ1) is 20.8. The maximum absolute atomic E-state index is 6.29. The monoisotopic (exact) mass is 536 g/mol. The third-order valence-electron chi connectivity index (χ3n) is 8.53. The molecule has 196 valence electrons. The maximum atomic E-state index is 6.29. The molecule has 1 aliphatic rings. The fraction of sp³-hybridized carbons (Fsp3) is 0. The number of para-hydroxylation sites is 3. The van der Waals surface area contributed by atoms with Gasteiger partial charge in [-0.2, -0.15) is 0 Å². The van der Waals surface area contributed by atoms with E-state index < -0.39 is 0 Å². The molecule has 0 bridgehead atoms. The lowest BCUT2D eigenvalue weighted by Gasteiger charge is -2.22. The van der Waals surface area contributed by atoms with Gasteiger partial charge in [0.05, 0.1) is 0 Å². The molecule has 9 rings (SSSR count). The molecule has 0 aliphatic carbocycles. The van der Waals surface area contributed by atoms with Gasteiger partial charge in [0.2, 0.25) is 0 Å². The molecule has 8 aromatic rings. The molecule has 0 radical (unpaired) electrons. The van der Waals surface area contributed by atoms with E-state index >= 15 is 0 Å². The summed E-state index contributed by atoms with van der Waals surface area (Å²) in [6.07, 6.45) is 0. The summed E-state index contributed by atoms with van der Waals surface area (Å²) in [6, 6.07) is 51.3. The predicted molar refractivity (Wildman–Crippen MR) is 173 cm³/mol. The smallest absolute Gasteiger partial charge is 0.143 e. The second kappa shape index (κ2) is 8.95. The molecule has 0 fully saturated rings. The van der Waals surface area contributed by atoms with Crippen molar-refractivity contribution in [3.63, 3.8) is 0 Å². The SMILES string of the molecule is c1ccc2c(c1)Oc1ccc(-c3ccc(-c4ccc(-c5cccc6c5oc5ccccc56)cc4)cc3)c3cccc-2c13. The summed E-state index contributed by atoms with van der Waals surface area (Å²) in [4.78, 5) is 0. The second-order valence-corrected chi connectivity index (χ2v) is 10.9. The summed E-state index contributed by atoms with van der Waals surface area (Å²) in [5.41, 5.74) is 11.2. The van der Waals surface area contributed by atoms with Gasteiger partial charge in [-0.3, -0.25) is 0 Å². The number of ether oxygens (including phenoxy) is 1. The minimum atomic E-state index is 0.912. The Morgan fingerprint density at radius 3 is 1.74 bits per heavy atom. The van der Waals surface area contributed by atoms with Crippen LogP contribution in [0.4, 0.5) is 0 Å². The van der Waals surface area contributed by atoms with Crippen LogP contribution in [0.15, 0.2) is 150 Å². The van der Waals surface area contributed by atoms with E-state index in [0.29, 0.717) is 0 Å². The van der Waals surface area contributed by atoms with Gasteiger partial charge in [0.15, 0.2) is 0 Å². The van der Waals surface area contributed by atoms with Crippen molar-refractivity contribution in [2.45, 2.75) is 0 Å². The van der Waals surface area contributed by atoms with Gasteiger partial charge in [0.25, 0.3) is 0 Å². The molecular weight excluding hydrogens is 512 g/mol. The average Bonchev–Trinajstić information content (AvgIpc) is 3.44. The predicted octanol–water partition coefficient (Wildman–Crippen LogP) is 11.5. The highest BCUT2D eigenvalue weighted by atomic mass is 16.5. The first-order valence-corrected chi connectivity index (χ1v) is 14.3. The Morgan fingerprint density at radius 1 is 0.333 bits per heavy atom. The summed E-state index contributed by atoms with van der Waals surface area (Å²) >= 11 is 0. The Bertz CT molecular complexity index is 2310. The highest BCUT2D eigenvalue weighted by molar-refractivity contribution is 6.10. The summed E-state index contributed by atoms with van der Waals surface area (Å²) in [6.45, 7) is 0. The molecule has 2 nitrogen and oxygen atoms in total. The van der Waals surface area contributed by atoms with Gasteiger partial charge in [0, 0.05) is 27.3 Å². The van der Waals surface area contributed by atoms with Crippen molar-refractivity contribution >= 4 is 32.7 Å². The molecule has 0 spiro atoms. The molecule has 0 unspecified atom stereocenters. The van der Waals surface area contributed by atoms with Crippen molar-refractivity contribution in [3.05, 3.63) is 146 Å². The third-order valence-corrected chi connectivity index (χ3v) is 8.53. The highest BCUT2D eigenvalue weighted by Gasteiger charge is 2.21. The van der Waals surface area contributed by atoms with Crippen LogP contribution in [0.2, 0.25) is 0 Å². The second-order valence-electron chi connectivity index (χ2n) is 10.9. The Hall–Kier alpha value is -5.60. The van der Waals surface area contributed by atoms with Crippen LogP contribution >= 0.6 is 0 Å². The van der Waals surface area contributed by atoms with E-state index in [2.05, 4.69) is 121 Å². The summed E-state index contributed by atoms with van der Waals surface area (Å²) in [5.74, 6) is 1.83. The van der Waals surface area contributed by atoms with E-state index in [9.17, 15) is 0 Å². The van der Waals surface area contributed by atoms with Gasteiger partial charge in [-0.15, -0.1) is 0 Å². The van der Waals surface area contributed by atoms with Crippen LogP contribution in [0, 0.1) is 0 Å². The minimum Gasteiger partial charge on any atom is -0.456 e. The Kier molecular flexibility index (Phi) is 4.93. The Morgan fingerprint density at radius 2 is 0.929 bits per heavy atom. The number of furan rings is 1. The van der Waals surface area contributed by atoms with Gasteiger partial charge in [0.1, 0.15) is 22.7 Å². The van der Waals surface area contributed by atoms with Crippen LogP contribution in [-0.4, -0.2) is 0 Å². The quantitative estimate of drug-likeness (QED) is 0.224. The zero-order valence-electron chi connectivity index (χ0n) is 22.7. The molecule has 2 heterocycles. The van der Waals surface area contributed by atoms with Crippen LogP contribution in [0.25, 0.3) is 77.2 Å². The van der Waals surface area contributed by atoms with Crippen LogP contribution in [0.1, 0.15) is 0 Å². The molecule has 1 aliphatic heterocycles. The van der Waals surface area contributed by atoms with Gasteiger partial charge in [-0.05, 0) is 57.0 Å². The van der Waals surface area contributed by atoms with E-state index in [-0.39, 0.29) is 0 Å². The molecule has 1 aromatic heterocycles. The van der Waals surface area contributed by atoms with Crippen LogP contribution < -0.4 is 4.74 Å². The fourth-order valence-electron chi connectivity index (χ4n) is 6.49. The maximum Gasteiger partial charge on any atom is 0.143 e. The topological polar surface area (TPSA) is 22.4 Å². The molecule has 0 amide bonds. The number of benzene rings is 7. The molecule has 42 heavy (non-hydrogen) atoms. The lowest BCUT2D eigenvalue weighted by atomic mass is 9.90. The van der Waals surface area contributed by atoms with Crippen molar-refractivity contribution in [2.24, 2.45) is 0 Å². The molecule has 0 saturated heterocycles. The van der Waals surface area contributed by atoms with E-state index in [4.69, 9.17) is 9.15 Å². The number of fused-ring (bicyclic) bond motifs is 5. The first-order valence-electron chi connectivity index (χ1n) is 14.3. The van der Waals surface area contributed by atoms with Crippen LogP contribution in [0.3, 0.4) is 0 Å². The Labute approximate surface area is 243 Å². The van der Waals surface area contributed by atoms with E-state index in [1.165, 1.54) is 38.6 Å². The highest BCUT2D eigenvalue weighted by Crippen LogP contribution is 2.48. The first kappa shape index (κ1) is 23.1. The van der Waals surface area contributed by atoms with Crippen molar-refractivity contribution in [1.29, 1.82) is 0 Å². The van der Waals surface area contributed by atoms with Crippen molar-refractivity contribution in [1.82, 2.24) is 0 Å². The van der Waals surface area contributed by atoms with Gasteiger partial charge in [-0.1, -0.05) is 127 Å². The molecule has 0 saturated carbocycles. The lowest BCUT2D eigenvalue weighted by Crippen LogP contribution is -1.97. The lowest BCUT2D eigenvalue weighted by molar-refractivity contribution is 0.487. The Balaban J connectivity index is 1.07. The molecular formula is C40H24O2. The number of hydrogen-bond acceptors (Lipinski definition) is 2. The van der Waals surface area contributed by atoms with Crippen molar-refractivity contribution in [2.75, 3.05) is 0 Å². The normalized spacial score (nSPS) is 12.0. The summed E-state index contributed by atoms with van der Waals surface area (Å²) in [7, 11) is 0. The van der Waals surface area contributed by atoms with Gasteiger partial charge in [-0.25, -0.2) is 0 Å². The third kappa shape index (κ3) is 3.45. The fourth-order valence-corrected chi connectivity index (χ4v) is 6.49. The van der Waals surface area contributed by atoms with E-state index in [1.807, 2.05) is 24.3 Å². The van der Waals surface area contributed by atoms with Crippen LogP contribution in [-0.2, 0) is 0 Å². The van der Waals surface area contributed by atoms with E-state index in [1.54, 1.807) is 0 Å². The van der Waals surface area contributed by atoms with Crippen LogP contribution in [0.5, 0.6) is 11.5 Å². The van der Waals surface area contributed by atoms with Crippen molar-refractivity contribution < 1.29 is 9.15 Å². The van der Waals surface area contributed by atoms with Gasteiger partial charge >= 0.3 is 0 Å². The number of rotatable bonds is 3. The zero-order valence-corrected chi connectivity index (χ0v) is 22.7. The zero-order chi connectivity index (χ0) is 27.6. The number of hydrogen-bond donors (Lipinski definition) is 0. The molecule has 2 heteroatoms. The van der Waals surface area contributed by atoms with E-state index in [0.717, 1.165) is 50.1 Å².